The molecule has 0 atom stereocenters. The van der Waals surface area contributed by atoms with E-state index in [1.807, 2.05) is 7.05 Å². The molecule has 12 heavy (non-hydrogen) atoms. The summed E-state index contributed by atoms with van der Waals surface area (Å²) >= 11 is 0. The van der Waals surface area contributed by atoms with E-state index in [-0.39, 0.29) is 5.56 Å². The number of anilines is 1. The van der Waals surface area contributed by atoms with E-state index in [0.717, 1.165) is 18.5 Å². The highest BCUT2D eigenvalue weighted by molar-refractivity contribution is 5.41. The highest BCUT2D eigenvalue weighted by atomic mass is 16.1. The first-order valence-corrected chi connectivity index (χ1v) is 4.10. The number of nitrogens with two attached hydrogens (primary N) is 1. The molecule has 0 radical (unpaired) electrons. The second-order valence-electron chi connectivity index (χ2n) is 2.96. The monoisotopic (exact) mass is 169 g/mol. The van der Waals surface area contributed by atoms with Crippen LogP contribution < -0.4 is 11.3 Å². The molecule has 1 heterocycles. The van der Waals surface area contributed by atoms with Crippen molar-refractivity contribution in [2.75, 3.05) is 5.73 Å². The molecule has 0 bridgehead atoms. The number of rotatable bonds is 2. The molecule has 0 saturated carbocycles. The molecule has 0 fully saturated rings. The van der Waals surface area contributed by atoms with E-state index in [0.29, 0.717) is 5.69 Å². The van der Waals surface area contributed by atoms with E-state index in [1.54, 1.807) is 11.7 Å². The third kappa shape index (κ3) is 1.13. The summed E-state index contributed by atoms with van der Waals surface area (Å²) in [5, 5.41) is 0. The maximum atomic E-state index is 11.3. The van der Waals surface area contributed by atoms with Crippen LogP contribution in [0.15, 0.2) is 4.79 Å². The van der Waals surface area contributed by atoms with Gasteiger partial charge in [0.1, 0.15) is 5.69 Å². The fraction of sp³-hybridized carbons (Fsp3) is 0.625. The second kappa shape index (κ2) is 3.05. The molecule has 0 amide bonds. The van der Waals surface area contributed by atoms with Gasteiger partial charge in [0.2, 0.25) is 0 Å². The lowest BCUT2D eigenvalue weighted by molar-refractivity contribution is 0.554. The molecule has 0 aliphatic carbocycles. The number of hydrogen-bond acceptors (Lipinski definition) is 2. The predicted molar refractivity (Wildman–Crippen MR) is 49.1 cm³/mol. The van der Waals surface area contributed by atoms with Crippen molar-refractivity contribution in [1.82, 2.24) is 9.36 Å². The van der Waals surface area contributed by atoms with E-state index >= 15 is 0 Å². The Kier molecular flexibility index (Phi) is 2.26. The van der Waals surface area contributed by atoms with Crippen molar-refractivity contribution in [2.24, 2.45) is 14.1 Å². The van der Waals surface area contributed by atoms with E-state index in [9.17, 15) is 4.79 Å². The second-order valence-corrected chi connectivity index (χ2v) is 2.96. The molecule has 0 aliphatic heterocycles. The third-order valence-corrected chi connectivity index (χ3v) is 2.16. The lowest BCUT2D eigenvalue weighted by Crippen LogP contribution is -2.18. The van der Waals surface area contributed by atoms with Crippen LogP contribution >= 0.6 is 0 Å². The Labute approximate surface area is 71.6 Å². The molecule has 0 aliphatic rings. The molecule has 1 aromatic rings. The summed E-state index contributed by atoms with van der Waals surface area (Å²) < 4.78 is 3.33. The summed E-state index contributed by atoms with van der Waals surface area (Å²) in [5.41, 5.74) is 6.87. The third-order valence-electron chi connectivity index (χ3n) is 2.16. The topological polar surface area (TPSA) is 53.0 Å². The Bertz CT molecular complexity index is 335. The minimum Gasteiger partial charge on any atom is -0.393 e. The van der Waals surface area contributed by atoms with Crippen LogP contribution in [-0.2, 0) is 20.5 Å². The lowest BCUT2D eigenvalue weighted by Gasteiger charge is -2.03. The molecule has 4 heteroatoms. The Hall–Kier alpha value is -1.19. The van der Waals surface area contributed by atoms with Crippen LogP contribution in [0.25, 0.3) is 0 Å². The number of aromatic nitrogens is 2. The molecule has 0 unspecified atom stereocenters. The maximum Gasteiger partial charge on any atom is 0.289 e. The van der Waals surface area contributed by atoms with Crippen LogP contribution in [-0.4, -0.2) is 9.36 Å². The van der Waals surface area contributed by atoms with Crippen LogP contribution in [0, 0.1) is 0 Å². The summed E-state index contributed by atoms with van der Waals surface area (Å²) in [6, 6.07) is 0. The fourth-order valence-corrected chi connectivity index (χ4v) is 1.32. The van der Waals surface area contributed by atoms with E-state index in [4.69, 9.17) is 5.73 Å². The Morgan fingerprint density at radius 1 is 1.33 bits per heavy atom. The molecule has 4 nitrogen and oxygen atoms in total. The lowest BCUT2D eigenvalue weighted by atomic mass is 10.2. The zero-order valence-corrected chi connectivity index (χ0v) is 7.79. The number of nitrogen functional groups attached to an aromatic ring is 1. The highest BCUT2D eigenvalue weighted by Crippen LogP contribution is 2.07. The minimum atomic E-state index is -0.0963. The Balaban J connectivity index is 3.28. The van der Waals surface area contributed by atoms with Gasteiger partial charge in [-0.05, 0) is 6.42 Å². The number of hydrogen-bond donors (Lipinski definition) is 1. The summed E-state index contributed by atoms with van der Waals surface area (Å²) in [6.45, 7) is 2.07. The Morgan fingerprint density at radius 3 is 2.25 bits per heavy atom. The molecule has 1 rings (SSSR count). The van der Waals surface area contributed by atoms with Crippen LogP contribution in [0.3, 0.4) is 0 Å². The average molecular weight is 169 g/mol. The van der Waals surface area contributed by atoms with Gasteiger partial charge in [-0.15, -0.1) is 0 Å². The van der Waals surface area contributed by atoms with Crippen molar-refractivity contribution in [3.05, 3.63) is 16.0 Å². The quantitative estimate of drug-likeness (QED) is 0.690. The first-order chi connectivity index (χ1) is 5.59. The minimum absolute atomic E-state index is 0.0963. The molecular formula is C8H15N3O. The zero-order valence-electron chi connectivity index (χ0n) is 7.79. The molecular weight excluding hydrogens is 154 g/mol. The SMILES string of the molecule is CCCc1c(N)c(=O)n(C)n1C. The van der Waals surface area contributed by atoms with Gasteiger partial charge in [-0.2, -0.15) is 0 Å². The maximum absolute atomic E-state index is 11.3. The smallest absolute Gasteiger partial charge is 0.289 e. The van der Waals surface area contributed by atoms with Gasteiger partial charge >= 0.3 is 0 Å². The summed E-state index contributed by atoms with van der Waals surface area (Å²) in [5.74, 6) is 0. The molecule has 1 aromatic heterocycles. The zero-order chi connectivity index (χ0) is 9.30. The van der Waals surface area contributed by atoms with Crippen LogP contribution in [0.4, 0.5) is 5.69 Å². The van der Waals surface area contributed by atoms with Gasteiger partial charge in [0.05, 0.1) is 5.69 Å². The van der Waals surface area contributed by atoms with Crippen LogP contribution in [0.5, 0.6) is 0 Å². The van der Waals surface area contributed by atoms with Gasteiger partial charge in [0.25, 0.3) is 5.56 Å². The summed E-state index contributed by atoms with van der Waals surface area (Å²) in [6.07, 6.45) is 1.86. The van der Waals surface area contributed by atoms with Crippen LogP contribution in [0.1, 0.15) is 19.0 Å². The molecule has 0 spiro atoms. The molecule has 0 saturated heterocycles. The van der Waals surface area contributed by atoms with Crippen molar-refractivity contribution < 1.29 is 0 Å². The summed E-state index contributed by atoms with van der Waals surface area (Å²) in [4.78, 5) is 11.3. The van der Waals surface area contributed by atoms with Gasteiger partial charge in [-0.25, -0.2) is 0 Å². The van der Waals surface area contributed by atoms with Gasteiger partial charge in [-0.1, -0.05) is 13.3 Å². The fourth-order valence-electron chi connectivity index (χ4n) is 1.32. The van der Waals surface area contributed by atoms with E-state index in [1.165, 1.54) is 4.68 Å². The Morgan fingerprint density at radius 2 is 1.92 bits per heavy atom. The van der Waals surface area contributed by atoms with Crippen molar-refractivity contribution in [1.29, 1.82) is 0 Å². The van der Waals surface area contributed by atoms with Crippen molar-refractivity contribution in [3.8, 4) is 0 Å². The van der Waals surface area contributed by atoms with Crippen molar-refractivity contribution in [2.45, 2.75) is 19.8 Å². The largest absolute Gasteiger partial charge is 0.393 e. The first kappa shape index (κ1) is 8.90. The molecule has 2 N–H and O–H groups in total. The van der Waals surface area contributed by atoms with Gasteiger partial charge in [0.15, 0.2) is 0 Å². The molecule has 68 valence electrons. The normalized spacial score (nSPS) is 10.6. The van der Waals surface area contributed by atoms with Gasteiger partial charge < -0.3 is 5.73 Å². The first-order valence-electron chi connectivity index (χ1n) is 4.10. The van der Waals surface area contributed by atoms with E-state index in [2.05, 4.69) is 6.92 Å². The predicted octanol–water partition coefficient (Wildman–Crippen LogP) is 0.258. The molecule has 0 aromatic carbocycles. The number of nitrogens with zero attached hydrogens (tertiary/aromatic N) is 2. The van der Waals surface area contributed by atoms with Gasteiger partial charge in [-0.3, -0.25) is 14.2 Å². The van der Waals surface area contributed by atoms with Crippen molar-refractivity contribution in [3.63, 3.8) is 0 Å². The highest BCUT2D eigenvalue weighted by Gasteiger charge is 2.10. The average Bonchev–Trinajstić information content (AvgIpc) is 2.23. The van der Waals surface area contributed by atoms with Crippen LogP contribution in [0.2, 0.25) is 0 Å². The summed E-state index contributed by atoms with van der Waals surface area (Å²) in [7, 11) is 3.57. The van der Waals surface area contributed by atoms with Gasteiger partial charge in [0, 0.05) is 14.1 Å². The van der Waals surface area contributed by atoms with Crippen molar-refractivity contribution >= 4 is 5.69 Å². The standard InChI is InChI=1S/C8H15N3O/c1-4-5-6-7(9)8(12)11(3)10(6)2/h4-5,9H2,1-3H3. The van der Waals surface area contributed by atoms with E-state index < -0.39 is 0 Å².